The molecule has 0 aliphatic carbocycles. The first-order valence-electron chi connectivity index (χ1n) is 4.02. The molecule has 3 nitrogen and oxygen atoms in total. The van der Waals surface area contributed by atoms with E-state index >= 15 is 0 Å². The van der Waals surface area contributed by atoms with Crippen LogP contribution in [0.3, 0.4) is 0 Å². The van der Waals surface area contributed by atoms with E-state index in [1.807, 2.05) is 20.8 Å². The van der Waals surface area contributed by atoms with Crippen molar-refractivity contribution in [2.75, 3.05) is 0 Å². The van der Waals surface area contributed by atoms with Gasteiger partial charge in [0, 0.05) is 0 Å². The van der Waals surface area contributed by atoms with Crippen LogP contribution in [0.15, 0.2) is 0 Å². The summed E-state index contributed by atoms with van der Waals surface area (Å²) in [7, 11) is -1.88. The predicted molar refractivity (Wildman–Crippen MR) is 46.3 cm³/mol. The molecule has 66 valence electrons. The predicted octanol–water partition coefficient (Wildman–Crippen LogP) is 2.69. The summed E-state index contributed by atoms with van der Waals surface area (Å²) >= 11 is 0. The summed E-state index contributed by atoms with van der Waals surface area (Å²) in [5.74, 6) is 0. The molecule has 0 aliphatic rings. The van der Waals surface area contributed by atoms with Crippen molar-refractivity contribution in [3.05, 3.63) is 0 Å². The maximum Gasteiger partial charge on any atom is 0.491 e. The first-order valence-corrected chi connectivity index (χ1v) is 6.55. The van der Waals surface area contributed by atoms with Gasteiger partial charge < -0.3 is 9.53 Å². The third-order valence-corrected chi connectivity index (χ3v) is 6.71. The zero-order chi connectivity index (χ0) is 8.91. The topological polar surface area (TPSA) is 46.5 Å². The van der Waals surface area contributed by atoms with Crippen molar-refractivity contribution in [1.29, 1.82) is 0 Å². The fraction of sp³-hybridized carbons (Fsp3) is 0.857. The molecular formula is C7H16O3Si. The van der Waals surface area contributed by atoms with E-state index in [1.165, 1.54) is 0 Å². The van der Waals surface area contributed by atoms with Gasteiger partial charge in [0.25, 0.3) is 8.32 Å². The van der Waals surface area contributed by atoms with Gasteiger partial charge >= 0.3 is 6.16 Å². The number of rotatable bonds is 4. The number of carbonyl (C=O) groups is 1. The summed E-state index contributed by atoms with van der Waals surface area (Å²) < 4.78 is 4.94. The van der Waals surface area contributed by atoms with Gasteiger partial charge in [-0.05, 0) is 18.1 Å². The number of hydrogen-bond acceptors (Lipinski definition) is 2. The third-order valence-electron chi connectivity index (χ3n) is 2.24. The highest BCUT2D eigenvalue weighted by Gasteiger charge is 2.32. The Morgan fingerprint density at radius 2 is 1.64 bits per heavy atom. The Labute approximate surface area is 68.5 Å². The normalized spacial score (nSPS) is 11.2. The van der Waals surface area contributed by atoms with E-state index in [1.54, 1.807) is 0 Å². The maximum atomic E-state index is 10.3. The molecule has 0 radical (unpaired) electrons. The molecule has 0 bridgehead atoms. The van der Waals surface area contributed by atoms with E-state index < -0.39 is 14.5 Å². The van der Waals surface area contributed by atoms with Crippen molar-refractivity contribution in [3.63, 3.8) is 0 Å². The van der Waals surface area contributed by atoms with E-state index in [-0.39, 0.29) is 0 Å². The molecule has 0 amide bonds. The first kappa shape index (κ1) is 10.5. The van der Waals surface area contributed by atoms with Crippen LogP contribution in [0.25, 0.3) is 0 Å². The molecule has 0 spiro atoms. The highest BCUT2D eigenvalue weighted by Crippen LogP contribution is 2.21. The minimum absolute atomic E-state index is 0.881. The summed E-state index contributed by atoms with van der Waals surface area (Å²) in [5, 5.41) is 8.45. The van der Waals surface area contributed by atoms with Crippen molar-refractivity contribution >= 4 is 14.5 Å². The van der Waals surface area contributed by atoms with Crippen LogP contribution in [-0.4, -0.2) is 19.6 Å². The van der Waals surface area contributed by atoms with E-state index in [4.69, 9.17) is 9.53 Å². The molecule has 1 N–H and O–H groups in total. The van der Waals surface area contributed by atoms with E-state index in [9.17, 15) is 4.79 Å². The zero-order valence-corrected chi connectivity index (χ0v) is 8.39. The Bertz CT molecular complexity index is 123. The van der Waals surface area contributed by atoms with Crippen molar-refractivity contribution in [1.82, 2.24) is 0 Å². The van der Waals surface area contributed by atoms with Gasteiger partial charge in [0.05, 0.1) is 0 Å². The van der Waals surface area contributed by atoms with Gasteiger partial charge in [-0.25, -0.2) is 4.79 Å². The minimum Gasteiger partial charge on any atom is -0.489 e. The molecule has 0 fully saturated rings. The van der Waals surface area contributed by atoms with Crippen LogP contribution >= 0.6 is 0 Å². The standard InChI is InChI=1S/C7H16O3Si/c1-4-11(5-2,6-3)10-7(8)9/h4-6H2,1-3H3,(H,8,9). The molecule has 0 saturated carbocycles. The molecule has 0 aromatic carbocycles. The van der Waals surface area contributed by atoms with E-state index in [0.717, 1.165) is 18.1 Å². The van der Waals surface area contributed by atoms with Crippen molar-refractivity contribution in [3.8, 4) is 0 Å². The molecular weight excluding hydrogens is 160 g/mol. The quantitative estimate of drug-likeness (QED) is 0.670. The molecule has 0 aromatic heterocycles. The number of carboxylic acid groups (broad SMARTS) is 1. The second-order valence-corrected chi connectivity index (χ2v) is 7.30. The molecule has 0 aromatic rings. The van der Waals surface area contributed by atoms with Crippen LogP contribution in [0.5, 0.6) is 0 Å². The minimum atomic E-state index is -1.88. The molecule has 0 rings (SSSR count). The molecule has 0 unspecified atom stereocenters. The van der Waals surface area contributed by atoms with Gasteiger partial charge in [-0.15, -0.1) is 0 Å². The lowest BCUT2D eigenvalue weighted by Crippen LogP contribution is -2.37. The Morgan fingerprint density at radius 1 is 1.27 bits per heavy atom. The lowest BCUT2D eigenvalue weighted by Gasteiger charge is -2.25. The Morgan fingerprint density at radius 3 is 1.73 bits per heavy atom. The van der Waals surface area contributed by atoms with Gasteiger partial charge in [-0.2, -0.15) is 0 Å². The Hall–Kier alpha value is -0.513. The lowest BCUT2D eigenvalue weighted by molar-refractivity contribution is 0.140. The molecule has 11 heavy (non-hydrogen) atoms. The lowest BCUT2D eigenvalue weighted by atomic mass is 10.9. The van der Waals surface area contributed by atoms with Gasteiger partial charge in [0.15, 0.2) is 0 Å². The zero-order valence-electron chi connectivity index (χ0n) is 7.39. The summed E-state index contributed by atoms with van der Waals surface area (Å²) in [4.78, 5) is 10.3. The fourth-order valence-corrected chi connectivity index (χ4v) is 3.46. The Balaban J connectivity index is 4.16. The highest BCUT2D eigenvalue weighted by molar-refractivity contribution is 6.74. The summed E-state index contributed by atoms with van der Waals surface area (Å²) in [5.41, 5.74) is 0. The molecule has 0 atom stereocenters. The average molecular weight is 176 g/mol. The molecule has 4 heteroatoms. The van der Waals surface area contributed by atoms with Gasteiger partial charge in [-0.1, -0.05) is 20.8 Å². The van der Waals surface area contributed by atoms with Gasteiger partial charge in [0.1, 0.15) is 0 Å². The molecule has 0 saturated heterocycles. The van der Waals surface area contributed by atoms with Crippen molar-refractivity contribution in [2.24, 2.45) is 0 Å². The SMILES string of the molecule is CC[Si](CC)(CC)OC(=O)O. The fourth-order valence-electron chi connectivity index (χ4n) is 1.15. The summed E-state index contributed by atoms with van der Waals surface area (Å²) in [6, 6.07) is 2.64. The first-order chi connectivity index (χ1) is 5.10. The van der Waals surface area contributed by atoms with Crippen LogP contribution in [0.2, 0.25) is 18.1 Å². The highest BCUT2D eigenvalue weighted by atomic mass is 28.4. The van der Waals surface area contributed by atoms with Crippen LogP contribution in [-0.2, 0) is 4.43 Å². The van der Waals surface area contributed by atoms with E-state index in [0.29, 0.717) is 0 Å². The second kappa shape index (κ2) is 4.38. The van der Waals surface area contributed by atoms with Gasteiger partial charge in [0.2, 0.25) is 0 Å². The third kappa shape index (κ3) is 2.92. The largest absolute Gasteiger partial charge is 0.491 e. The van der Waals surface area contributed by atoms with Gasteiger partial charge in [-0.3, -0.25) is 0 Å². The number of hydrogen-bond donors (Lipinski definition) is 1. The molecule has 0 heterocycles. The second-order valence-electron chi connectivity index (χ2n) is 2.61. The average Bonchev–Trinajstić information content (AvgIpc) is 2.00. The van der Waals surface area contributed by atoms with Crippen LogP contribution in [0.4, 0.5) is 4.79 Å². The maximum absolute atomic E-state index is 10.3. The Kier molecular flexibility index (Phi) is 4.18. The summed E-state index contributed by atoms with van der Waals surface area (Å²) in [6.07, 6.45) is -1.11. The smallest absolute Gasteiger partial charge is 0.489 e. The van der Waals surface area contributed by atoms with Crippen molar-refractivity contribution in [2.45, 2.75) is 38.9 Å². The van der Waals surface area contributed by atoms with Crippen LogP contribution in [0.1, 0.15) is 20.8 Å². The summed E-state index contributed by atoms with van der Waals surface area (Å²) in [6.45, 7) is 6.01. The monoisotopic (exact) mass is 176 g/mol. The van der Waals surface area contributed by atoms with Crippen LogP contribution in [0, 0.1) is 0 Å². The molecule has 0 aliphatic heterocycles. The van der Waals surface area contributed by atoms with Crippen molar-refractivity contribution < 1.29 is 14.3 Å². The van der Waals surface area contributed by atoms with Crippen LogP contribution < -0.4 is 0 Å². The van der Waals surface area contributed by atoms with E-state index in [2.05, 4.69) is 0 Å².